The number of benzene rings is 2. The van der Waals surface area contributed by atoms with Crippen LogP contribution < -0.4 is 4.74 Å². The summed E-state index contributed by atoms with van der Waals surface area (Å²) in [5, 5.41) is 26.4. The lowest BCUT2D eigenvalue weighted by Crippen LogP contribution is -2.06. The van der Waals surface area contributed by atoms with Crippen LogP contribution in [0.3, 0.4) is 0 Å². The van der Waals surface area contributed by atoms with Crippen LogP contribution in [0.1, 0.15) is 5.82 Å². The van der Waals surface area contributed by atoms with E-state index in [1.165, 1.54) is 11.0 Å². The van der Waals surface area contributed by atoms with Gasteiger partial charge in [0.1, 0.15) is 12.9 Å². The molecule has 5 aromatic rings. The maximum absolute atomic E-state index is 8.80. The minimum atomic E-state index is 0.111. The van der Waals surface area contributed by atoms with Crippen LogP contribution in [0.25, 0.3) is 28.2 Å². The van der Waals surface area contributed by atoms with E-state index in [2.05, 4.69) is 20.3 Å². The van der Waals surface area contributed by atoms with E-state index in [1.54, 1.807) is 4.52 Å². The highest BCUT2D eigenvalue weighted by Gasteiger charge is 2.16. The van der Waals surface area contributed by atoms with E-state index in [-0.39, 0.29) is 13.2 Å². The van der Waals surface area contributed by atoms with Crippen LogP contribution in [0.4, 0.5) is 0 Å². The Hall–Kier alpha value is -4.58. The Balaban J connectivity index is 1.56. The molecule has 150 valence electrons. The average molecular weight is 408 g/mol. The molecule has 5 rings (SSSR count). The second kappa shape index (κ2) is 8.04. The SMILES string of the molecule is N#CCn1cnc(COc2nn3c(-c4ccccc4)nnc3cc2-c2ccccc2)n1. The molecular weight excluding hydrogens is 392 g/mol. The van der Waals surface area contributed by atoms with Gasteiger partial charge in [-0.3, -0.25) is 0 Å². The number of aromatic nitrogens is 7. The first kappa shape index (κ1) is 18.4. The first-order valence-electron chi connectivity index (χ1n) is 9.57. The molecule has 0 N–H and O–H groups in total. The predicted molar refractivity (Wildman–Crippen MR) is 112 cm³/mol. The lowest BCUT2D eigenvalue weighted by atomic mass is 10.1. The maximum Gasteiger partial charge on any atom is 0.240 e. The van der Waals surface area contributed by atoms with E-state index in [0.717, 1.165) is 16.7 Å². The minimum Gasteiger partial charge on any atom is -0.468 e. The molecule has 9 heteroatoms. The molecule has 2 aromatic carbocycles. The third-order valence-corrected chi connectivity index (χ3v) is 4.63. The Labute approximate surface area is 177 Å². The van der Waals surface area contributed by atoms with Crippen LogP contribution in [-0.4, -0.2) is 34.6 Å². The first-order chi connectivity index (χ1) is 15.3. The molecule has 3 heterocycles. The van der Waals surface area contributed by atoms with E-state index in [1.807, 2.05) is 72.8 Å². The average Bonchev–Trinajstić information content (AvgIpc) is 3.45. The summed E-state index contributed by atoms with van der Waals surface area (Å²) in [4.78, 5) is 4.19. The van der Waals surface area contributed by atoms with Gasteiger partial charge in [0.25, 0.3) is 0 Å². The predicted octanol–water partition coefficient (Wildman–Crippen LogP) is 3.15. The summed E-state index contributed by atoms with van der Waals surface area (Å²) in [6, 6.07) is 23.5. The van der Waals surface area contributed by atoms with Crippen molar-refractivity contribution in [3.8, 4) is 34.5 Å². The summed E-state index contributed by atoms with van der Waals surface area (Å²) >= 11 is 0. The van der Waals surface area contributed by atoms with Gasteiger partial charge in [-0.1, -0.05) is 60.7 Å². The lowest BCUT2D eigenvalue weighted by Gasteiger charge is -2.10. The molecule has 0 saturated heterocycles. The van der Waals surface area contributed by atoms with E-state index < -0.39 is 0 Å². The zero-order valence-electron chi connectivity index (χ0n) is 16.3. The number of hydrogen-bond acceptors (Lipinski definition) is 7. The Kier molecular flexibility index (Phi) is 4.79. The Morgan fingerprint density at radius 3 is 2.39 bits per heavy atom. The van der Waals surface area contributed by atoms with E-state index in [4.69, 9.17) is 15.1 Å². The van der Waals surface area contributed by atoms with Gasteiger partial charge in [-0.2, -0.15) is 14.9 Å². The Morgan fingerprint density at radius 1 is 0.903 bits per heavy atom. The van der Waals surface area contributed by atoms with Gasteiger partial charge in [0.15, 0.2) is 23.9 Å². The zero-order chi connectivity index (χ0) is 21.0. The highest BCUT2D eigenvalue weighted by Crippen LogP contribution is 2.30. The van der Waals surface area contributed by atoms with Gasteiger partial charge >= 0.3 is 0 Å². The van der Waals surface area contributed by atoms with Gasteiger partial charge in [0.05, 0.1) is 6.07 Å². The molecule has 0 bridgehead atoms. The molecule has 0 atom stereocenters. The van der Waals surface area contributed by atoms with Gasteiger partial charge in [0.2, 0.25) is 5.88 Å². The van der Waals surface area contributed by atoms with E-state index in [9.17, 15) is 0 Å². The van der Waals surface area contributed by atoms with Crippen LogP contribution in [-0.2, 0) is 13.2 Å². The lowest BCUT2D eigenvalue weighted by molar-refractivity contribution is 0.280. The van der Waals surface area contributed by atoms with Crippen molar-refractivity contribution in [2.75, 3.05) is 0 Å². The summed E-state index contributed by atoms with van der Waals surface area (Å²) in [6.45, 7) is 0.243. The van der Waals surface area contributed by atoms with Crippen LogP contribution in [0.2, 0.25) is 0 Å². The summed E-state index contributed by atoms with van der Waals surface area (Å²) in [5.74, 6) is 1.49. The third kappa shape index (κ3) is 3.70. The fraction of sp³-hybridized carbons (Fsp3) is 0.0909. The molecule has 3 aromatic heterocycles. The zero-order valence-corrected chi connectivity index (χ0v) is 16.3. The van der Waals surface area contributed by atoms with Gasteiger partial charge < -0.3 is 4.74 Å². The largest absolute Gasteiger partial charge is 0.468 e. The van der Waals surface area contributed by atoms with Crippen molar-refractivity contribution in [3.05, 3.63) is 78.9 Å². The van der Waals surface area contributed by atoms with Crippen molar-refractivity contribution in [2.24, 2.45) is 0 Å². The number of rotatable bonds is 6. The summed E-state index contributed by atoms with van der Waals surface area (Å²) in [5.41, 5.74) is 3.25. The first-order valence-corrected chi connectivity index (χ1v) is 9.57. The number of ether oxygens (including phenoxy) is 1. The van der Waals surface area contributed by atoms with Crippen molar-refractivity contribution >= 4 is 5.65 Å². The van der Waals surface area contributed by atoms with E-state index in [0.29, 0.717) is 23.2 Å². The van der Waals surface area contributed by atoms with Crippen LogP contribution >= 0.6 is 0 Å². The highest BCUT2D eigenvalue weighted by atomic mass is 16.5. The molecule has 31 heavy (non-hydrogen) atoms. The van der Waals surface area contributed by atoms with Gasteiger partial charge in [-0.15, -0.1) is 15.3 Å². The molecule has 0 spiro atoms. The molecule has 0 fully saturated rings. The third-order valence-electron chi connectivity index (χ3n) is 4.63. The molecule has 0 radical (unpaired) electrons. The van der Waals surface area contributed by atoms with Crippen LogP contribution in [0.15, 0.2) is 73.1 Å². The smallest absolute Gasteiger partial charge is 0.240 e. The van der Waals surface area contributed by atoms with Crippen molar-refractivity contribution < 1.29 is 4.74 Å². The van der Waals surface area contributed by atoms with Gasteiger partial charge in [0, 0.05) is 11.1 Å². The van der Waals surface area contributed by atoms with Crippen LogP contribution in [0.5, 0.6) is 5.88 Å². The van der Waals surface area contributed by atoms with E-state index >= 15 is 0 Å². The number of nitriles is 1. The Morgan fingerprint density at radius 2 is 1.65 bits per heavy atom. The highest BCUT2D eigenvalue weighted by molar-refractivity contribution is 5.72. The van der Waals surface area contributed by atoms with Crippen molar-refractivity contribution in [1.82, 2.24) is 34.6 Å². The number of hydrogen-bond donors (Lipinski definition) is 0. The fourth-order valence-corrected chi connectivity index (χ4v) is 3.20. The quantitative estimate of drug-likeness (QED) is 0.425. The van der Waals surface area contributed by atoms with Crippen LogP contribution in [0, 0.1) is 11.3 Å². The minimum absolute atomic E-state index is 0.111. The molecule has 0 aliphatic rings. The summed E-state index contributed by atoms with van der Waals surface area (Å²) in [6.07, 6.45) is 1.50. The molecule has 0 amide bonds. The number of fused-ring (bicyclic) bond motifs is 1. The molecule has 0 aliphatic heterocycles. The van der Waals surface area contributed by atoms with Crippen molar-refractivity contribution in [2.45, 2.75) is 13.2 Å². The summed E-state index contributed by atoms with van der Waals surface area (Å²) < 4.78 is 9.15. The normalized spacial score (nSPS) is 10.8. The Bertz CT molecular complexity index is 1370. The van der Waals surface area contributed by atoms with Gasteiger partial charge in [-0.05, 0) is 11.6 Å². The summed E-state index contributed by atoms with van der Waals surface area (Å²) in [7, 11) is 0. The molecule has 9 nitrogen and oxygen atoms in total. The molecule has 0 aliphatic carbocycles. The second-order valence-electron chi connectivity index (χ2n) is 6.69. The number of nitrogens with zero attached hydrogens (tertiary/aromatic N) is 8. The molecule has 0 unspecified atom stereocenters. The van der Waals surface area contributed by atoms with Gasteiger partial charge in [-0.25, -0.2) is 9.67 Å². The molecule has 0 saturated carbocycles. The monoisotopic (exact) mass is 408 g/mol. The topological polar surface area (TPSA) is 107 Å². The second-order valence-corrected chi connectivity index (χ2v) is 6.69. The maximum atomic E-state index is 8.80. The fourth-order valence-electron chi connectivity index (χ4n) is 3.20. The standard InChI is InChI=1S/C22H16N8O/c23-11-12-29-15-24-19(27-29)14-31-22-18(16-7-3-1-4-8-16)13-20-25-26-21(30(20)28-22)17-9-5-2-6-10-17/h1-10,13,15H,12,14H2. The molecular formula is C22H16N8O. The van der Waals surface area contributed by atoms with Crippen molar-refractivity contribution in [1.29, 1.82) is 5.26 Å². The van der Waals surface area contributed by atoms with Crippen molar-refractivity contribution in [3.63, 3.8) is 0 Å².